The number of anilines is 1. The van der Waals surface area contributed by atoms with Crippen LogP contribution in [-0.4, -0.2) is 34.9 Å². The molecule has 1 aromatic rings. The molecule has 0 radical (unpaired) electrons. The van der Waals surface area contributed by atoms with Crippen molar-refractivity contribution in [3.8, 4) is 0 Å². The molecule has 18 heavy (non-hydrogen) atoms. The average Bonchev–Trinajstić information content (AvgIpc) is 2.35. The second-order valence-corrected chi connectivity index (χ2v) is 5.89. The lowest BCUT2D eigenvalue weighted by atomic mass is 10.1. The second-order valence-electron chi connectivity index (χ2n) is 4.05. The molecular weight excluding hydrogens is 252 g/mol. The summed E-state index contributed by atoms with van der Waals surface area (Å²) in [4.78, 5) is 0. The van der Waals surface area contributed by atoms with Crippen LogP contribution in [0.3, 0.4) is 0 Å². The van der Waals surface area contributed by atoms with E-state index < -0.39 is 10.0 Å². The van der Waals surface area contributed by atoms with Crippen molar-refractivity contribution in [2.24, 2.45) is 0 Å². The lowest BCUT2D eigenvalue weighted by molar-refractivity contribution is 0.217. The standard InChI is InChI=1S/C12H20N2O3S/c1-10(13-2)11-5-4-6-12(9-11)14-18(15,16)8-7-17-3/h4-6,9-10,13-14H,7-8H2,1-3H3. The summed E-state index contributed by atoms with van der Waals surface area (Å²) < 4.78 is 30.7. The SMILES string of the molecule is CNC(C)c1cccc(NS(=O)(=O)CCOC)c1. The van der Waals surface area contributed by atoms with E-state index in [1.165, 1.54) is 7.11 Å². The maximum Gasteiger partial charge on any atom is 0.234 e. The predicted molar refractivity (Wildman–Crippen MR) is 73.2 cm³/mol. The Kier molecular flexibility index (Phi) is 5.58. The van der Waals surface area contributed by atoms with Gasteiger partial charge in [-0.3, -0.25) is 4.72 Å². The van der Waals surface area contributed by atoms with Crippen molar-refractivity contribution in [1.29, 1.82) is 0 Å². The number of hydrogen-bond donors (Lipinski definition) is 2. The smallest absolute Gasteiger partial charge is 0.234 e. The molecule has 0 fully saturated rings. The molecule has 0 saturated carbocycles. The van der Waals surface area contributed by atoms with Gasteiger partial charge in [0, 0.05) is 18.8 Å². The number of methoxy groups -OCH3 is 1. The van der Waals surface area contributed by atoms with Crippen molar-refractivity contribution in [2.75, 3.05) is 31.2 Å². The Labute approximate surface area is 109 Å². The minimum atomic E-state index is -3.34. The average molecular weight is 272 g/mol. The minimum absolute atomic E-state index is 0.0463. The van der Waals surface area contributed by atoms with Gasteiger partial charge in [-0.1, -0.05) is 12.1 Å². The van der Waals surface area contributed by atoms with Gasteiger partial charge < -0.3 is 10.1 Å². The Balaban J connectivity index is 2.79. The van der Waals surface area contributed by atoms with Crippen LogP contribution in [0, 0.1) is 0 Å². The van der Waals surface area contributed by atoms with Crippen LogP contribution in [0.5, 0.6) is 0 Å². The van der Waals surface area contributed by atoms with E-state index in [4.69, 9.17) is 4.74 Å². The van der Waals surface area contributed by atoms with Gasteiger partial charge in [-0.05, 0) is 31.7 Å². The summed E-state index contributed by atoms with van der Waals surface area (Å²) >= 11 is 0. The number of benzene rings is 1. The van der Waals surface area contributed by atoms with Crippen LogP contribution in [0.2, 0.25) is 0 Å². The Bertz CT molecular complexity index is 474. The third-order valence-electron chi connectivity index (χ3n) is 2.65. The Morgan fingerprint density at radius 3 is 2.72 bits per heavy atom. The molecule has 5 nitrogen and oxygen atoms in total. The van der Waals surface area contributed by atoms with Gasteiger partial charge in [-0.2, -0.15) is 0 Å². The molecule has 0 bridgehead atoms. The highest BCUT2D eigenvalue weighted by atomic mass is 32.2. The summed E-state index contributed by atoms with van der Waals surface area (Å²) in [5.74, 6) is -0.0463. The first-order chi connectivity index (χ1) is 8.48. The van der Waals surface area contributed by atoms with Crippen LogP contribution in [0.4, 0.5) is 5.69 Å². The van der Waals surface area contributed by atoms with E-state index in [1.807, 2.05) is 32.2 Å². The second kappa shape index (κ2) is 6.72. The number of sulfonamides is 1. The molecule has 0 heterocycles. The van der Waals surface area contributed by atoms with Gasteiger partial charge in [-0.25, -0.2) is 8.42 Å². The lowest BCUT2D eigenvalue weighted by Crippen LogP contribution is -2.20. The first-order valence-corrected chi connectivity index (χ1v) is 7.40. The van der Waals surface area contributed by atoms with E-state index in [0.29, 0.717) is 5.69 Å². The normalized spacial score (nSPS) is 13.3. The number of hydrogen-bond acceptors (Lipinski definition) is 4. The number of ether oxygens (including phenoxy) is 1. The summed E-state index contributed by atoms with van der Waals surface area (Å²) in [6.07, 6.45) is 0. The van der Waals surface area contributed by atoms with Crippen molar-refractivity contribution in [3.63, 3.8) is 0 Å². The Morgan fingerprint density at radius 1 is 1.39 bits per heavy atom. The van der Waals surface area contributed by atoms with E-state index in [9.17, 15) is 8.42 Å². The molecule has 0 aliphatic heterocycles. The highest BCUT2D eigenvalue weighted by Gasteiger charge is 2.11. The maximum atomic E-state index is 11.7. The van der Waals surface area contributed by atoms with Crippen LogP contribution < -0.4 is 10.0 Å². The summed E-state index contributed by atoms with van der Waals surface area (Å²) in [6.45, 7) is 2.19. The van der Waals surface area contributed by atoms with Gasteiger partial charge in [0.25, 0.3) is 0 Å². The number of nitrogens with one attached hydrogen (secondary N) is 2. The molecule has 1 aromatic carbocycles. The molecule has 102 valence electrons. The molecule has 0 aromatic heterocycles. The molecule has 2 N–H and O–H groups in total. The molecule has 0 spiro atoms. The van der Waals surface area contributed by atoms with Crippen LogP contribution in [-0.2, 0) is 14.8 Å². The van der Waals surface area contributed by atoms with Gasteiger partial charge >= 0.3 is 0 Å². The van der Waals surface area contributed by atoms with E-state index in [2.05, 4.69) is 10.0 Å². The molecule has 0 saturated heterocycles. The van der Waals surface area contributed by atoms with Crippen molar-refractivity contribution in [1.82, 2.24) is 5.32 Å². The lowest BCUT2D eigenvalue weighted by Gasteiger charge is -2.13. The zero-order chi connectivity index (χ0) is 13.6. The zero-order valence-corrected chi connectivity index (χ0v) is 11.8. The largest absolute Gasteiger partial charge is 0.384 e. The third kappa shape index (κ3) is 4.64. The first kappa shape index (κ1) is 14.9. The van der Waals surface area contributed by atoms with E-state index in [-0.39, 0.29) is 18.4 Å². The third-order valence-corrected chi connectivity index (χ3v) is 3.90. The van der Waals surface area contributed by atoms with Crippen LogP contribution in [0.15, 0.2) is 24.3 Å². The molecule has 0 aliphatic rings. The zero-order valence-electron chi connectivity index (χ0n) is 10.9. The molecule has 1 unspecified atom stereocenters. The van der Waals surface area contributed by atoms with Crippen LogP contribution in [0.1, 0.15) is 18.5 Å². The minimum Gasteiger partial charge on any atom is -0.384 e. The van der Waals surface area contributed by atoms with Gasteiger partial charge in [0.15, 0.2) is 0 Å². The fraction of sp³-hybridized carbons (Fsp3) is 0.500. The monoisotopic (exact) mass is 272 g/mol. The predicted octanol–water partition coefficient (Wildman–Crippen LogP) is 1.36. The van der Waals surface area contributed by atoms with E-state index in [0.717, 1.165) is 5.56 Å². The summed E-state index contributed by atoms with van der Waals surface area (Å²) in [6, 6.07) is 7.51. The molecule has 1 atom stereocenters. The molecule has 1 rings (SSSR count). The highest BCUT2D eigenvalue weighted by Crippen LogP contribution is 2.17. The molecule has 6 heteroatoms. The fourth-order valence-electron chi connectivity index (χ4n) is 1.46. The highest BCUT2D eigenvalue weighted by molar-refractivity contribution is 7.92. The topological polar surface area (TPSA) is 67.4 Å². The summed E-state index contributed by atoms with van der Waals surface area (Å²) in [5.41, 5.74) is 1.61. The van der Waals surface area contributed by atoms with Crippen molar-refractivity contribution in [2.45, 2.75) is 13.0 Å². The molecule has 0 aliphatic carbocycles. The van der Waals surface area contributed by atoms with Gasteiger partial charge in [0.1, 0.15) is 0 Å². The van der Waals surface area contributed by atoms with Gasteiger partial charge in [-0.15, -0.1) is 0 Å². The van der Waals surface area contributed by atoms with Gasteiger partial charge in [0.05, 0.1) is 12.4 Å². The molecule has 0 amide bonds. The fourth-order valence-corrected chi connectivity index (χ4v) is 2.44. The van der Waals surface area contributed by atoms with E-state index in [1.54, 1.807) is 6.07 Å². The summed E-state index contributed by atoms with van der Waals surface area (Å²) in [7, 11) is -0.00324. The summed E-state index contributed by atoms with van der Waals surface area (Å²) in [5, 5.41) is 3.11. The van der Waals surface area contributed by atoms with Gasteiger partial charge in [0.2, 0.25) is 10.0 Å². The van der Waals surface area contributed by atoms with E-state index >= 15 is 0 Å². The van der Waals surface area contributed by atoms with Crippen molar-refractivity contribution in [3.05, 3.63) is 29.8 Å². The Hall–Kier alpha value is -1.11. The molecular formula is C12H20N2O3S. The van der Waals surface area contributed by atoms with Crippen LogP contribution in [0.25, 0.3) is 0 Å². The number of rotatable bonds is 7. The van der Waals surface area contributed by atoms with Crippen molar-refractivity contribution >= 4 is 15.7 Å². The quantitative estimate of drug-likeness (QED) is 0.786. The first-order valence-electron chi connectivity index (χ1n) is 5.75. The Morgan fingerprint density at radius 2 is 2.11 bits per heavy atom. The van der Waals surface area contributed by atoms with Crippen molar-refractivity contribution < 1.29 is 13.2 Å². The van der Waals surface area contributed by atoms with Crippen LogP contribution >= 0.6 is 0 Å². The maximum absolute atomic E-state index is 11.7.